The summed E-state index contributed by atoms with van der Waals surface area (Å²) < 4.78 is 0. The molecule has 1 aromatic carbocycles. The van der Waals surface area contributed by atoms with Crippen molar-refractivity contribution < 1.29 is 19.8 Å². The molecule has 0 atom stereocenters. The quantitative estimate of drug-likeness (QED) is 0.747. The minimum absolute atomic E-state index is 0.271. The van der Waals surface area contributed by atoms with Crippen LogP contribution in [0.15, 0.2) is 23.6 Å². The number of carbonyl (C=O) groups excluding carboxylic acids is 1. The molecule has 0 fully saturated rings. The van der Waals surface area contributed by atoms with Gasteiger partial charge < -0.3 is 15.5 Å². The Morgan fingerprint density at radius 2 is 2.11 bits per heavy atom. The molecule has 0 saturated heterocycles. The molecule has 19 heavy (non-hydrogen) atoms. The van der Waals surface area contributed by atoms with Gasteiger partial charge in [-0.3, -0.25) is 4.79 Å². The van der Waals surface area contributed by atoms with Crippen LogP contribution in [0.4, 0.5) is 5.69 Å². The van der Waals surface area contributed by atoms with Gasteiger partial charge in [0.2, 0.25) is 0 Å². The highest BCUT2D eigenvalue weighted by Gasteiger charge is 2.13. The molecule has 0 spiro atoms. The van der Waals surface area contributed by atoms with Gasteiger partial charge in [0.05, 0.1) is 5.01 Å². The van der Waals surface area contributed by atoms with Crippen LogP contribution in [-0.4, -0.2) is 27.1 Å². The van der Waals surface area contributed by atoms with Crippen molar-refractivity contribution in [2.45, 2.75) is 6.92 Å². The van der Waals surface area contributed by atoms with E-state index in [2.05, 4.69) is 10.3 Å². The topological polar surface area (TPSA) is 99.5 Å². The maximum atomic E-state index is 11.8. The van der Waals surface area contributed by atoms with E-state index in [1.807, 2.05) is 0 Å². The molecule has 1 heterocycles. The van der Waals surface area contributed by atoms with E-state index in [0.717, 1.165) is 5.01 Å². The predicted octanol–water partition coefficient (Wildman–Crippen LogP) is 2.11. The number of carbonyl (C=O) groups is 2. The molecule has 0 unspecified atom stereocenters. The van der Waals surface area contributed by atoms with Crippen molar-refractivity contribution in [3.05, 3.63) is 39.8 Å². The van der Waals surface area contributed by atoms with Gasteiger partial charge in [-0.2, -0.15) is 0 Å². The summed E-state index contributed by atoms with van der Waals surface area (Å²) in [6.07, 6.45) is 0. The molecule has 3 N–H and O–H groups in total. The number of aromatic hydroxyl groups is 1. The Bertz CT molecular complexity index is 651. The van der Waals surface area contributed by atoms with Gasteiger partial charge in [-0.1, -0.05) is 0 Å². The Hall–Kier alpha value is -2.41. The number of carboxylic acids is 1. The predicted molar refractivity (Wildman–Crippen MR) is 69.9 cm³/mol. The number of anilines is 1. The molecule has 98 valence electrons. The first kappa shape index (κ1) is 13.0. The Kier molecular flexibility index (Phi) is 3.48. The summed E-state index contributed by atoms with van der Waals surface area (Å²) in [5.74, 6) is -2.04. The number of thiazole rings is 1. The Balaban J connectivity index is 2.22. The number of aryl methyl sites for hydroxylation is 1. The molecule has 1 aromatic heterocycles. The molecule has 0 aliphatic carbocycles. The number of aromatic carboxylic acids is 1. The molecule has 0 radical (unpaired) electrons. The van der Waals surface area contributed by atoms with Gasteiger partial charge >= 0.3 is 5.97 Å². The van der Waals surface area contributed by atoms with E-state index in [-0.39, 0.29) is 22.7 Å². The molecule has 0 aliphatic rings. The van der Waals surface area contributed by atoms with E-state index >= 15 is 0 Å². The number of benzene rings is 1. The Morgan fingerprint density at radius 3 is 2.68 bits per heavy atom. The first-order valence-corrected chi connectivity index (χ1v) is 6.15. The Morgan fingerprint density at radius 1 is 1.37 bits per heavy atom. The van der Waals surface area contributed by atoms with Crippen molar-refractivity contribution in [2.75, 3.05) is 5.32 Å². The van der Waals surface area contributed by atoms with Gasteiger partial charge in [-0.25, -0.2) is 9.78 Å². The van der Waals surface area contributed by atoms with Crippen LogP contribution in [0.3, 0.4) is 0 Å². The second kappa shape index (κ2) is 5.07. The lowest BCUT2D eigenvalue weighted by atomic mass is 10.2. The minimum Gasteiger partial charge on any atom is -0.507 e. The maximum Gasteiger partial charge on any atom is 0.339 e. The van der Waals surface area contributed by atoms with Crippen LogP contribution in [0.5, 0.6) is 5.75 Å². The lowest BCUT2D eigenvalue weighted by Crippen LogP contribution is -2.12. The van der Waals surface area contributed by atoms with Gasteiger partial charge in [0.1, 0.15) is 17.0 Å². The molecule has 0 bridgehead atoms. The molecule has 7 heteroatoms. The van der Waals surface area contributed by atoms with Crippen molar-refractivity contribution >= 4 is 28.9 Å². The molecule has 0 saturated carbocycles. The minimum atomic E-state index is -1.27. The van der Waals surface area contributed by atoms with E-state index in [4.69, 9.17) is 5.11 Å². The number of amides is 1. The monoisotopic (exact) mass is 278 g/mol. The first-order chi connectivity index (χ1) is 8.97. The highest BCUT2D eigenvalue weighted by molar-refractivity contribution is 7.09. The number of nitrogens with one attached hydrogen (secondary N) is 1. The average Bonchev–Trinajstić information content (AvgIpc) is 2.78. The van der Waals surface area contributed by atoms with Crippen molar-refractivity contribution in [3.63, 3.8) is 0 Å². The van der Waals surface area contributed by atoms with Crippen LogP contribution in [0.25, 0.3) is 0 Å². The van der Waals surface area contributed by atoms with E-state index < -0.39 is 11.9 Å². The van der Waals surface area contributed by atoms with Crippen LogP contribution in [0.1, 0.15) is 25.9 Å². The third-order valence-corrected chi connectivity index (χ3v) is 3.11. The van der Waals surface area contributed by atoms with E-state index in [1.165, 1.54) is 29.5 Å². The van der Waals surface area contributed by atoms with Crippen molar-refractivity contribution in [1.29, 1.82) is 0 Å². The average molecular weight is 278 g/mol. The summed E-state index contributed by atoms with van der Waals surface area (Å²) in [4.78, 5) is 26.7. The number of phenols is 1. The van der Waals surface area contributed by atoms with Crippen molar-refractivity contribution in [3.8, 4) is 5.75 Å². The summed E-state index contributed by atoms with van der Waals surface area (Å²) in [6.45, 7) is 1.78. The molecule has 2 aromatic rings. The molecule has 0 aliphatic heterocycles. The summed E-state index contributed by atoms with van der Waals surface area (Å²) in [5, 5.41) is 23.1. The summed E-state index contributed by atoms with van der Waals surface area (Å²) in [6, 6.07) is 3.82. The molecular weight excluding hydrogens is 268 g/mol. The fourth-order valence-corrected chi connectivity index (χ4v) is 2.04. The fraction of sp³-hybridized carbons (Fsp3) is 0.0833. The van der Waals surface area contributed by atoms with Crippen LogP contribution in [-0.2, 0) is 0 Å². The van der Waals surface area contributed by atoms with E-state index in [1.54, 1.807) is 12.3 Å². The zero-order chi connectivity index (χ0) is 14.0. The SMILES string of the molecule is Cc1nc(C(=O)Nc2ccc(O)c(C(=O)O)c2)cs1. The fourth-order valence-electron chi connectivity index (χ4n) is 1.45. The van der Waals surface area contributed by atoms with E-state index in [0.29, 0.717) is 0 Å². The highest BCUT2D eigenvalue weighted by Crippen LogP contribution is 2.22. The molecular formula is C12H10N2O4S. The zero-order valence-corrected chi connectivity index (χ0v) is 10.7. The van der Waals surface area contributed by atoms with Gasteiger partial charge in [0.25, 0.3) is 5.91 Å². The lowest BCUT2D eigenvalue weighted by molar-refractivity contribution is 0.0693. The van der Waals surface area contributed by atoms with Crippen molar-refractivity contribution in [1.82, 2.24) is 4.98 Å². The van der Waals surface area contributed by atoms with Crippen LogP contribution < -0.4 is 5.32 Å². The summed E-state index contributed by atoms with van der Waals surface area (Å²) in [5.41, 5.74) is 0.283. The first-order valence-electron chi connectivity index (χ1n) is 5.27. The smallest absolute Gasteiger partial charge is 0.339 e. The molecule has 6 nitrogen and oxygen atoms in total. The zero-order valence-electron chi connectivity index (χ0n) is 9.88. The number of rotatable bonds is 3. The summed E-state index contributed by atoms with van der Waals surface area (Å²) >= 11 is 1.35. The van der Waals surface area contributed by atoms with Gasteiger partial charge in [-0.15, -0.1) is 11.3 Å². The number of hydrogen-bond donors (Lipinski definition) is 3. The number of nitrogens with zero attached hydrogens (tertiary/aromatic N) is 1. The van der Waals surface area contributed by atoms with Gasteiger partial charge in [0.15, 0.2) is 0 Å². The van der Waals surface area contributed by atoms with Crippen molar-refractivity contribution in [2.24, 2.45) is 0 Å². The van der Waals surface area contributed by atoms with Crippen LogP contribution in [0, 0.1) is 6.92 Å². The molecule has 1 amide bonds. The van der Waals surface area contributed by atoms with E-state index in [9.17, 15) is 14.7 Å². The third kappa shape index (κ3) is 2.89. The lowest BCUT2D eigenvalue weighted by Gasteiger charge is -2.05. The second-order valence-corrected chi connectivity index (χ2v) is 4.81. The standard InChI is InChI=1S/C12H10N2O4S/c1-6-13-9(5-19-6)11(16)14-7-2-3-10(15)8(4-7)12(17)18/h2-5,15H,1H3,(H,14,16)(H,17,18). The second-order valence-electron chi connectivity index (χ2n) is 3.74. The maximum absolute atomic E-state index is 11.8. The Labute approximate surface area is 112 Å². The van der Waals surface area contributed by atoms with Crippen LogP contribution in [0.2, 0.25) is 0 Å². The molecule has 2 rings (SSSR count). The third-order valence-electron chi connectivity index (χ3n) is 2.34. The largest absolute Gasteiger partial charge is 0.507 e. The highest BCUT2D eigenvalue weighted by atomic mass is 32.1. The summed E-state index contributed by atoms with van der Waals surface area (Å²) in [7, 11) is 0. The number of hydrogen-bond acceptors (Lipinski definition) is 5. The number of aromatic nitrogens is 1. The number of carboxylic acid groups (broad SMARTS) is 1. The van der Waals surface area contributed by atoms with Crippen LogP contribution >= 0.6 is 11.3 Å². The van der Waals surface area contributed by atoms with Gasteiger partial charge in [-0.05, 0) is 25.1 Å². The normalized spacial score (nSPS) is 10.2. The van der Waals surface area contributed by atoms with Gasteiger partial charge in [0, 0.05) is 11.1 Å².